The standard InChI is InChI=1S/C17H19ClFNO/c1-2-20(10-9-13-3-6-15(19)7-4-13)16-8-5-14(12-21)17(18)11-16/h3-8,11,21H,2,9-10,12H2,1H3. The molecule has 0 aliphatic rings. The van der Waals surface area contributed by atoms with Crippen molar-refractivity contribution in [3.05, 3.63) is 64.4 Å². The number of hydrogen-bond acceptors (Lipinski definition) is 2. The van der Waals surface area contributed by atoms with E-state index in [1.165, 1.54) is 12.1 Å². The van der Waals surface area contributed by atoms with Crippen LogP contribution in [-0.4, -0.2) is 18.2 Å². The average molecular weight is 308 g/mol. The third-order valence-electron chi connectivity index (χ3n) is 3.54. The topological polar surface area (TPSA) is 23.5 Å². The van der Waals surface area contributed by atoms with Crippen molar-refractivity contribution in [2.75, 3.05) is 18.0 Å². The molecule has 21 heavy (non-hydrogen) atoms. The molecule has 0 fully saturated rings. The number of likely N-dealkylation sites (N-methyl/N-ethyl adjacent to an activating group) is 1. The van der Waals surface area contributed by atoms with E-state index in [1.807, 2.05) is 30.3 Å². The summed E-state index contributed by atoms with van der Waals surface area (Å²) in [7, 11) is 0. The second-order valence-corrected chi connectivity index (χ2v) is 5.30. The van der Waals surface area contributed by atoms with E-state index in [9.17, 15) is 4.39 Å². The number of benzene rings is 2. The molecular formula is C17H19ClFNO. The molecule has 0 unspecified atom stereocenters. The zero-order chi connectivity index (χ0) is 15.2. The Kier molecular flexibility index (Phi) is 5.59. The Morgan fingerprint density at radius 3 is 2.43 bits per heavy atom. The van der Waals surface area contributed by atoms with Crippen LogP contribution in [-0.2, 0) is 13.0 Å². The van der Waals surface area contributed by atoms with Crippen LogP contribution in [0.1, 0.15) is 18.1 Å². The van der Waals surface area contributed by atoms with Crippen molar-refractivity contribution in [3.63, 3.8) is 0 Å². The van der Waals surface area contributed by atoms with Gasteiger partial charge in [0.1, 0.15) is 5.82 Å². The van der Waals surface area contributed by atoms with Crippen molar-refractivity contribution in [1.29, 1.82) is 0 Å². The minimum absolute atomic E-state index is 0.0547. The lowest BCUT2D eigenvalue weighted by atomic mass is 10.1. The summed E-state index contributed by atoms with van der Waals surface area (Å²) < 4.78 is 12.9. The van der Waals surface area contributed by atoms with E-state index in [4.69, 9.17) is 16.7 Å². The molecule has 0 aliphatic heterocycles. The van der Waals surface area contributed by atoms with Gasteiger partial charge in [-0.15, -0.1) is 0 Å². The van der Waals surface area contributed by atoms with Crippen LogP contribution in [0.15, 0.2) is 42.5 Å². The van der Waals surface area contributed by atoms with E-state index in [0.29, 0.717) is 5.02 Å². The minimum Gasteiger partial charge on any atom is -0.392 e. The van der Waals surface area contributed by atoms with E-state index >= 15 is 0 Å². The fourth-order valence-electron chi connectivity index (χ4n) is 2.25. The Labute approximate surface area is 129 Å². The Morgan fingerprint density at radius 2 is 1.86 bits per heavy atom. The van der Waals surface area contributed by atoms with Gasteiger partial charge in [-0.25, -0.2) is 4.39 Å². The monoisotopic (exact) mass is 307 g/mol. The van der Waals surface area contributed by atoms with Crippen LogP contribution < -0.4 is 4.90 Å². The van der Waals surface area contributed by atoms with Crippen molar-refractivity contribution >= 4 is 17.3 Å². The lowest BCUT2D eigenvalue weighted by Gasteiger charge is -2.24. The first-order chi connectivity index (χ1) is 10.1. The fourth-order valence-corrected chi connectivity index (χ4v) is 2.48. The van der Waals surface area contributed by atoms with Gasteiger partial charge >= 0.3 is 0 Å². The molecule has 112 valence electrons. The summed E-state index contributed by atoms with van der Waals surface area (Å²) in [6.07, 6.45) is 0.841. The van der Waals surface area contributed by atoms with Crippen LogP contribution in [0.4, 0.5) is 10.1 Å². The summed E-state index contributed by atoms with van der Waals surface area (Å²) >= 11 is 6.14. The molecule has 2 rings (SSSR count). The molecular weight excluding hydrogens is 289 g/mol. The SMILES string of the molecule is CCN(CCc1ccc(F)cc1)c1ccc(CO)c(Cl)c1. The number of halogens is 2. The lowest BCUT2D eigenvalue weighted by molar-refractivity contribution is 0.282. The van der Waals surface area contributed by atoms with E-state index in [-0.39, 0.29) is 12.4 Å². The summed E-state index contributed by atoms with van der Waals surface area (Å²) in [5.41, 5.74) is 2.87. The van der Waals surface area contributed by atoms with Crippen LogP contribution in [0.25, 0.3) is 0 Å². The molecule has 2 nitrogen and oxygen atoms in total. The quantitative estimate of drug-likeness (QED) is 0.870. The Bertz CT molecular complexity index is 586. The van der Waals surface area contributed by atoms with Gasteiger partial charge in [-0.2, -0.15) is 0 Å². The normalized spacial score (nSPS) is 10.7. The summed E-state index contributed by atoms with van der Waals surface area (Å²) in [5, 5.41) is 9.73. The summed E-state index contributed by atoms with van der Waals surface area (Å²) in [5.74, 6) is -0.211. The van der Waals surface area contributed by atoms with E-state index in [0.717, 1.165) is 36.3 Å². The molecule has 0 saturated heterocycles. The Morgan fingerprint density at radius 1 is 1.14 bits per heavy atom. The van der Waals surface area contributed by atoms with Gasteiger partial charge in [0.2, 0.25) is 0 Å². The van der Waals surface area contributed by atoms with Gasteiger partial charge in [-0.3, -0.25) is 0 Å². The van der Waals surface area contributed by atoms with Crippen LogP contribution in [0.3, 0.4) is 0 Å². The number of rotatable bonds is 6. The molecule has 0 bridgehead atoms. The number of hydrogen-bond donors (Lipinski definition) is 1. The molecule has 0 radical (unpaired) electrons. The predicted octanol–water partition coefficient (Wildman–Crippen LogP) is 4.04. The van der Waals surface area contributed by atoms with Crippen molar-refractivity contribution in [1.82, 2.24) is 0 Å². The van der Waals surface area contributed by atoms with Gasteiger partial charge < -0.3 is 10.0 Å². The molecule has 1 N–H and O–H groups in total. The van der Waals surface area contributed by atoms with Gasteiger partial charge in [0.05, 0.1) is 6.61 Å². The highest BCUT2D eigenvalue weighted by Gasteiger charge is 2.07. The van der Waals surface area contributed by atoms with Crippen LogP contribution in [0.5, 0.6) is 0 Å². The van der Waals surface area contributed by atoms with Gasteiger partial charge in [0.15, 0.2) is 0 Å². The predicted molar refractivity (Wildman–Crippen MR) is 85.4 cm³/mol. The average Bonchev–Trinajstić information content (AvgIpc) is 2.50. The smallest absolute Gasteiger partial charge is 0.123 e. The molecule has 0 aromatic heterocycles. The van der Waals surface area contributed by atoms with Crippen LogP contribution in [0, 0.1) is 5.82 Å². The summed E-state index contributed by atoms with van der Waals surface area (Å²) in [4.78, 5) is 2.20. The second-order valence-electron chi connectivity index (χ2n) is 4.89. The van der Waals surface area contributed by atoms with Crippen molar-refractivity contribution in [3.8, 4) is 0 Å². The Balaban J connectivity index is 2.05. The third kappa shape index (κ3) is 4.19. The highest BCUT2D eigenvalue weighted by molar-refractivity contribution is 6.31. The summed E-state index contributed by atoms with van der Waals surface area (Å²) in [6, 6.07) is 12.3. The second kappa shape index (κ2) is 7.43. The zero-order valence-corrected chi connectivity index (χ0v) is 12.8. The van der Waals surface area contributed by atoms with E-state index < -0.39 is 0 Å². The van der Waals surface area contributed by atoms with Gasteiger partial charge in [0, 0.05) is 23.8 Å². The maximum atomic E-state index is 12.9. The number of nitrogens with zero attached hydrogens (tertiary/aromatic N) is 1. The number of aliphatic hydroxyl groups is 1. The largest absolute Gasteiger partial charge is 0.392 e. The number of anilines is 1. The maximum Gasteiger partial charge on any atom is 0.123 e. The van der Waals surface area contributed by atoms with Crippen molar-refractivity contribution < 1.29 is 9.50 Å². The Hall–Kier alpha value is -1.58. The minimum atomic E-state index is -0.211. The molecule has 0 atom stereocenters. The van der Waals surface area contributed by atoms with Crippen LogP contribution in [0.2, 0.25) is 5.02 Å². The highest BCUT2D eigenvalue weighted by atomic mass is 35.5. The molecule has 0 spiro atoms. The van der Waals surface area contributed by atoms with Crippen LogP contribution >= 0.6 is 11.6 Å². The molecule has 0 amide bonds. The molecule has 2 aromatic rings. The van der Waals surface area contributed by atoms with Crippen molar-refractivity contribution in [2.45, 2.75) is 20.0 Å². The van der Waals surface area contributed by atoms with Gasteiger partial charge in [-0.05, 0) is 48.7 Å². The maximum absolute atomic E-state index is 12.9. The lowest BCUT2D eigenvalue weighted by Crippen LogP contribution is -2.25. The molecule has 4 heteroatoms. The van der Waals surface area contributed by atoms with Gasteiger partial charge in [0.25, 0.3) is 0 Å². The molecule has 0 aliphatic carbocycles. The first-order valence-corrected chi connectivity index (χ1v) is 7.40. The molecule has 2 aromatic carbocycles. The van der Waals surface area contributed by atoms with E-state index in [1.54, 1.807) is 0 Å². The van der Waals surface area contributed by atoms with Gasteiger partial charge in [-0.1, -0.05) is 29.8 Å². The number of aliphatic hydroxyl groups excluding tert-OH is 1. The first-order valence-electron chi connectivity index (χ1n) is 7.02. The third-order valence-corrected chi connectivity index (χ3v) is 3.89. The van der Waals surface area contributed by atoms with E-state index in [2.05, 4.69) is 11.8 Å². The highest BCUT2D eigenvalue weighted by Crippen LogP contribution is 2.24. The molecule has 0 saturated carbocycles. The zero-order valence-electron chi connectivity index (χ0n) is 12.0. The fraction of sp³-hybridized carbons (Fsp3) is 0.294. The summed E-state index contributed by atoms with van der Waals surface area (Å²) in [6.45, 7) is 3.71. The molecule has 0 heterocycles. The van der Waals surface area contributed by atoms with Crippen molar-refractivity contribution in [2.24, 2.45) is 0 Å². The first kappa shape index (κ1) is 15.8.